The molecule has 2 aromatic heterocycles. The van der Waals surface area contributed by atoms with Crippen molar-refractivity contribution in [1.29, 1.82) is 5.26 Å². The highest BCUT2D eigenvalue weighted by Gasteiger charge is 2.41. The fourth-order valence-corrected chi connectivity index (χ4v) is 5.27. The number of allylic oxidation sites excluding steroid dienone is 1. The first-order valence-electron chi connectivity index (χ1n) is 13.5. The summed E-state index contributed by atoms with van der Waals surface area (Å²) < 4.78 is 49.1. The molecule has 232 valence electrons. The maximum atomic E-state index is 13.6. The molecule has 0 bridgehead atoms. The monoisotopic (exact) mass is 620 g/mol. The van der Waals surface area contributed by atoms with Crippen LogP contribution in [-0.4, -0.2) is 34.3 Å². The number of alkyl halides is 3. The summed E-state index contributed by atoms with van der Waals surface area (Å²) in [6.07, 6.45) is 0.459. The van der Waals surface area contributed by atoms with Gasteiger partial charge in [-0.1, -0.05) is 18.2 Å². The highest BCUT2D eigenvalue weighted by molar-refractivity contribution is 5.93. The Bertz CT molecular complexity index is 1830. The molecule has 11 nitrogen and oxygen atoms in total. The molecule has 0 spiro atoms. The lowest BCUT2D eigenvalue weighted by Gasteiger charge is -2.36. The first kappa shape index (κ1) is 32.2. The van der Waals surface area contributed by atoms with Crippen molar-refractivity contribution in [3.8, 4) is 6.07 Å². The van der Waals surface area contributed by atoms with E-state index in [0.29, 0.717) is 30.5 Å². The van der Waals surface area contributed by atoms with Gasteiger partial charge in [0, 0.05) is 36.4 Å². The number of rotatable bonds is 7. The smallest absolute Gasteiger partial charge is 0.416 e. The van der Waals surface area contributed by atoms with Gasteiger partial charge in [-0.05, 0) is 54.8 Å². The van der Waals surface area contributed by atoms with Crippen molar-refractivity contribution in [3.05, 3.63) is 117 Å². The van der Waals surface area contributed by atoms with Crippen molar-refractivity contribution in [2.24, 2.45) is 0 Å². The summed E-state index contributed by atoms with van der Waals surface area (Å²) >= 11 is 0. The summed E-state index contributed by atoms with van der Waals surface area (Å²) in [5, 5.41) is 24.4. The van der Waals surface area contributed by atoms with E-state index in [1.165, 1.54) is 28.7 Å². The third kappa shape index (κ3) is 6.77. The average Bonchev–Trinajstić information content (AvgIpc) is 3.41. The van der Waals surface area contributed by atoms with Crippen LogP contribution in [-0.2, 0) is 33.5 Å². The topological polar surface area (TPSA) is 148 Å². The number of carbonyl (C=O) groups is 2. The number of esters is 1. The van der Waals surface area contributed by atoms with Gasteiger partial charge in [-0.25, -0.2) is 23.8 Å². The molecule has 2 aromatic carbocycles. The Morgan fingerprint density at radius 2 is 1.89 bits per heavy atom. The first-order valence-corrected chi connectivity index (χ1v) is 13.5. The Balaban J connectivity index is 0.00000148. The molecule has 3 heterocycles. The van der Waals surface area contributed by atoms with E-state index in [4.69, 9.17) is 14.6 Å². The van der Waals surface area contributed by atoms with Crippen LogP contribution in [0, 0.1) is 11.3 Å². The Kier molecular flexibility index (Phi) is 9.82. The molecule has 1 atom stereocenters. The molecule has 1 aliphatic heterocycles. The zero-order valence-electron chi connectivity index (χ0n) is 24.1. The lowest BCUT2D eigenvalue weighted by molar-refractivity contribution is -0.697. The van der Waals surface area contributed by atoms with Crippen molar-refractivity contribution in [2.45, 2.75) is 38.5 Å². The number of halogens is 3. The number of nitrogens with zero attached hydrogens (tertiary/aromatic N) is 5. The normalized spacial score (nSPS) is 14.1. The molecule has 5 rings (SSSR count). The summed E-state index contributed by atoms with van der Waals surface area (Å²) in [4.78, 5) is 36.2. The molecule has 4 aromatic rings. The molecule has 0 aliphatic carbocycles. The van der Waals surface area contributed by atoms with E-state index in [1.54, 1.807) is 25.1 Å². The van der Waals surface area contributed by atoms with E-state index < -0.39 is 35.9 Å². The average molecular weight is 621 g/mol. The first-order chi connectivity index (χ1) is 21.5. The number of aromatic nitrogens is 4. The lowest BCUT2D eigenvalue weighted by atomic mass is 9.88. The number of aryl methyl sites for hydroxylation is 2. The number of carboxylic acid groups (broad SMARTS) is 1. The minimum Gasteiger partial charge on any atom is -0.554 e. The second-order valence-corrected chi connectivity index (χ2v) is 9.81. The highest BCUT2D eigenvalue weighted by Crippen LogP contribution is 2.43. The van der Waals surface area contributed by atoms with Crippen molar-refractivity contribution >= 4 is 24.1 Å². The van der Waals surface area contributed by atoms with Crippen LogP contribution in [0.4, 0.5) is 24.8 Å². The Morgan fingerprint density at radius 1 is 1.18 bits per heavy atom. The summed E-state index contributed by atoms with van der Waals surface area (Å²) in [5.74, 6) is -0.756. The maximum absolute atomic E-state index is 13.6. The number of aromatic amines is 1. The summed E-state index contributed by atoms with van der Waals surface area (Å²) in [5.41, 5.74) is 0.490. The maximum Gasteiger partial charge on any atom is 0.416 e. The van der Waals surface area contributed by atoms with E-state index in [9.17, 15) is 28.0 Å². The van der Waals surface area contributed by atoms with Crippen molar-refractivity contribution in [3.63, 3.8) is 0 Å². The van der Waals surface area contributed by atoms with Gasteiger partial charge in [0.2, 0.25) is 5.95 Å². The van der Waals surface area contributed by atoms with Gasteiger partial charge in [-0.15, -0.1) is 5.10 Å². The second-order valence-electron chi connectivity index (χ2n) is 9.81. The van der Waals surface area contributed by atoms with Crippen LogP contribution < -0.4 is 20.3 Å². The molecule has 0 saturated heterocycles. The van der Waals surface area contributed by atoms with Gasteiger partial charge < -0.3 is 14.6 Å². The number of hydrogen-bond donors (Lipinski definition) is 1. The number of fused-ring (bicyclic) bond motifs is 1. The number of anilines is 2. The Hall–Kier alpha value is -5.71. The Labute approximate surface area is 255 Å². The molecular formula is C31H27F3N6O5. The third-order valence-electron chi connectivity index (χ3n) is 7.19. The van der Waals surface area contributed by atoms with Crippen molar-refractivity contribution < 1.29 is 37.2 Å². The van der Waals surface area contributed by atoms with Gasteiger partial charge in [0.1, 0.15) is 12.6 Å². The molecule has 0 amide bonds. The van der Waals surface area contributed by atoms with Crippen LogP contribution in [0.25, 0.3) is 0 Å². The van der Waals surface area contributed by atoms with E-state index in [1.807, 2.05) is 35.2 Å². The van der Waals surface area contributed by atoms with E-state index in [2.05, 4.69) is 16.3 Å². The van der Waals surface area contributed by atoms with E-state index in [0.717, 1.165) is 17.7 Å². The number of ether oxygens (including phenoxy) is 1. The van der Waals surface area contributed by atoms with Crippen LogP contribution in [0.15, 0.2) is 89.1 Å². The molecule has 0 radical (unpaired) electrons. The lowest BCUT2D eigenvalue weighted by Crippen LogP contribution is -2.38. The molecule has 45 heavy (non-hydrogen) atoms. The van der Waals surface area contributed by atoms with Gasteiger partial charge >= 0.3 is 17.8 Å². The molecule has 1 aliphatic rings. The van der Waals surface area contributed by atoms with Crippen molar-refractivity contribution in [1.82, 2.24) is 14.8 Å². The number of pyridine rings is 1. The van der Waals surface area contributed by atoms with Gasteiger partial charge in [-0.3, -0.25) is 4.90 Å². The predicted octanol–water partition coefficient (Wildman–Crippen LogP) is 2.94. The quantitative estimate of drug-likeness (QED) is 0.188. The van der Waals surface area contributed by atoms with Gasteiger partial charge in [-0.2, -0.15) is 18.4 Å². The van der Waals surface area contributed by atoms with E-state index in [-0.39, 0.29) is 22.9 Å². The molecule has 1 unspecified atom stereocenters. The van der Waals surface area contributed by atoms with Crippen LogP contribution in [0.1, 0.15) is 41.6 Å². The molecule has 14 heteroatoms. The minimum atomic E-state index is -4.61. The summed E-state index contributed by atoms with van der Waals surface area (Å²) in [6, 6.07) is 16.4. The number of nitrogens with one attached hydrogen (secondary N) is 1. The van der Waals surface area contributed by atoms with Gasteiger partial charge in [0.05, 0.1) is 29.9 Å². The van der Waals surface area contributed by atoms with Gasteiger partial charge in [0.25, 0.3) is 0 Å². The van der Waals surface area contributed by atoms with Crippen molar-refractivity contribution in [2.75, 3.05) is 12.0 Å². The third-order valence-corrected chi connectivity index (χ3v) is 7.19. The number of benzene rings is 2. The molecule has 0 saturated carbocycles. The number of nitriles is 1. The molecule has 0 fully saturated rings. The zero-order valence-corrected chi connectivity index (χ0v) is 24.1. The fraction of sp³-hybridized carbons (Fsp3) is 0.226. The predicted molar refractivity (Wildman–Crippen MR) is 151 cm³/mol. The standard InChI is InChI=1S/C30H25F3N6O3.CH2O2/c1-19-25(27(40)42-2)26(24-12-11-20(18-34)16-21(24)8-7-15-37-13-4-3-5-14-37)39-28(35-36-29(39)41)38(19)23-10-6-9-22(17-23)30(31,32)33;2-1-3/h3-6,9-14,16-17,26H,7-8,15H2,1-2H3;1H,(H,2,3). The number of H-pyrrole nitrogens is 1. The largest absolute Gasteiger partial charge is 0.554 e. The second kappa shape index (κ2) is 13.7. The molecular weight excluding hydrogens is 593 g/mol. The van der Waals surface area contributed by atoms with Crippen LogP contribution in [0.5, 0.6) is 0 Å². The Morgan fingerprint density at radius 3 is 2.53 bits per heavy atom. The fourth-order valence-electron chi connectivity index (χ4n) is 5.27. The zero-order chi connectivity index (χ0) is 32.7. The highest BCUT2D eigenvalue weighted by atomic mass is 19.4. The van der Waals surface area contributed by atoms with Crippen LogP contribution >= 0.6 is 0 Å². The summed E-state index contributed by atoms with van der Waals surface area (Å²) in [7, 11) is 1.19. The molecule has 1 N–H and O–H groups in total. The summed E-state index contributed by atoms with van der Waals surface area (Å²) in [6.45, 7) is 1.75. The van der Waals surface area contributed by atoms with Gasteiger partial charge in [0.15, 0.2) is 12.4 Å². The van der Waals surface area contributed by atoms with E-state index >= 15 is 0 Å². The minimum absolute atomic E-state index is 0.00429. The van der Waals surface area contributed by atoms with Crippen LogP contribution in [0.2, 0.25) is 0 Å². The van der Waals surface area contributed by atoms with Crippen LogP contribution in [0.3, 0.4) is 0 Å². The number of methoxy groups -OCH3 is 1. The SMILES string of the molecule is COC(=O)C1=C(C)N(c2cccc(C(F)(F)F)c2)c2n[nH]c(=O)n2C1c1ccc(C#N)cc1CCC[n+]1ccccc1.O=C[O-]. The number of carbonyl (C=O) groups excluding carboxylic acids is 2. The number of hydrogen-bond acceptors (Lipinski definition) is 8.